The molecule has 0 bridgehead atoms. The smallest absolute Gasteiger partial charge is 0.262 e. The Kier molecular flexibility index (Phi) is 7.03. The highest BCUT2D eigenvalue weighted by molar-refractivity contribution is 5.94. The molecule has 0 radical (unpaired) electrons. The van der Waals surface area contributed by atoms with E-state index in [1.165, 1.54) is 25.7 Å². The van der Waals surface area contributed by atoms with Gasteiger partial charge in [-0.3, -0.25) is 9.69 Å². The van der Waals surface area contributed by atoms with Crippen LogP contribution in [0, 0.1) is 0 Å². The van der Waals surface area contributed by atoms with E-state index in [1.54, 1.807) is 0 Å². The lowest BCUT2D eigenvalue weighted by Gasteiger charge is -2.22. The molecule has 1 aliphatic heterocycles. The summed E-state index contributed by atoms with van der Waals surface area (Å²) in [7, 11) is 2.07. The lowest BCUT2D eigenvalue weighted by Crippen LogP contribution is -2.25. The molecule has 2 aromatic carbocycles. The Bertz CT molecular complexity index is 1100. The number of ether oxygens (including phenoxy) is 1. The number of carbonyl (C=O) groups is 1. The second-order valence-electron chi connectivity index (χ2n) is 10.1. The van der Waals surface area contributed by atoms with Crippen molar-refractivity contribution in [3.8, 4) is 5.75 Å². The SMILES string of the molecule is Cn1c(CN2CCCCCC2)nc2cc(NC(=O)COc3ccccc3C(C)(C)C)ccc21. The van der Waals surface area contributed by atoms with E-state index in [9.17, 15) is 4.79 Å². The number of amides is 1. The predicted octanol–water partition coefficient (Wildman–Crippen LogP) is 5.26. The topological polar surface area (TPSA) is 59.4 Å². The van der Waals surface area contributed by atoms with E-state index in [4.69, 9.17) is 9.72 Å². The fourth-order valence-corrected chi connectivity index (χ4v) is 4.52. The standard InChI is InChI=1S/C27H36N4O2/c1-27(2,3)21-11-7-8-12-24(21)33-19-26(32)28-20-13-14-23-22(17-20)29-25(30(23)4)18-31-15-9-5-6-10-16-31/h7-8,11-14,17H,5-6,9-10,15-16,18-19H2,1-4H3,(H,28,32). The van der Waals surface area contributed by atoms with Crippen molar-refractivity contribution in [1.29, 1.82) is 0 Å². The summed E-state index contributed by atoms with van der Waals surface area (Å²) in [5, 5.41) is 2.96. The largest absolute Gasteiger partial charge is 0.483 e. The number of nitrogens with zero attached hydrogens (tertiary/aromatic N) is 3. The monoisotopic (exact) mass is 448 g/mol. The Morgan fingerprint density at radius 3 is 2.52 bits per heavy atom. The van der Waals surface area contributed by atoms with Gasteiger partial charge in [-0.2, -0.15) is 0 Å². The van der Waals surface area contributed by atoms with Crippen molar-refractivity contribution in [2.75, 3.05) is 25.0 Å². The van der Waals surface area contributed by atoms with E-state index in [0.29, 0.717) is 0 Å². The van der Waals surface area contributed by atoms with Crippen molar-refractivity contribution in [3.63, 3.8) is 0 Å². The van der Waals surface area contributed by atoms with Crippen LogP contribution in [0.5, 0.6) is 5.75 Å². The molecule has 0 spiro atoms. The Labute approximate surface area is 196 Å². The molecule has 0 saturated carbocycles. The van der Waals surface area contributed by atoms with Crippen molar-refractivity contribution >= 4 is 22.6 Å². The highest BCUT2D eigenvalue weighted by Crippen LogP contribution is 2.31. The predicted molar refractivity (Wildman–Crippen MR) is 134 cm³/mol. The number of aromatic nitrogens is 2. The minimum atomic E-state index is -0.182. The van der Waals surface area contributed by atoms with Crippen LogP contribution in [0.25, 0.3) is 11.0 Å². The molecule has 1 aliphatic rings. The number of aryl methyl sites for hydroxylation is 1. The van der Waals surface area contributed by atoms with Gasteiger partial charge in [-0.05, 0) is 61.2 Å². The number of carbonyl (C=O) groups excluding carboxylic acids is 1. The molecule has 1 fully saturated rings. The Hall–Kier alpha value is -2.86. The first-order chi connectivity index (χ1) is 15.8. The molecule has 1 N–H and O–H groups in total. The van der Waals surface area contributed by atoms with Crippen LogP contribution in [0.3, 0.4) is 0 Å². The number of likely N-dealkylation sites (tertiary alicyclic amines) is 1. The molecule has 6 nitrogen and oxygen atoms in total. The van der Waals surface area contributed by atoms with Gasteiger partial charge in [-0.25, -0.2) is 4.98 Å². The number of hydrogen-bond donors (Lipinski definition) is 1. The fraction of sp³-hybridized carbons (Fsp3) is 0.481. The first-order valence-corrected chi connectivity index (χ1v) is 12.0. The van der Waals surface area contributed by atoms with E-state index in [0.717, 1.165) is 53.5 Å². The lowest BCUT2D eigenvalue weighted by molar-refractivity contribution is -0.118. The second kappa shape index (κ2) is 9.96. The minimum absolute atomic E-state index is 0.0342. The van der Waals surface area contributed by atoms with Gasteiger partial charge in [0, 0.05) is 12.7 Å². The molecule has 0 atom stereocenters. The second-order valence-corrected chi connectivity index (χ2v) is 10.1. The van der Waals surface area contributed by atoms with Crippen LogP contribution in [0.2, 0.25) is 0 Å². The average Bonchev–Trinajstić information content (AvgIpc) is 2.93. The molecule has 176 valence electrons. The normalized spacial score (nSPS) is 15.4. The van der Waals surface area contributed by atoms with E-state index in [1.807, 2.05) is 42.5 Å². The molecule has 1 saturated heterocycles. The van der Waals surface area contributed by atoms with Crippen LogP contribution in [-0.2, 0) is 23.8 Å². The average molecular weight is 449 g/mol. The van der Waals surface area contributed by atoms with Gasteiger partial charge in [0.2, 0.25) is 0 Å². The number of para-hydroxylation sites is 1. The van der Waals surface area contributed by atoms with Gasteiger partial charge < -0.3 is 14.6 Å². The first-order valence-electron chi connectivity index (χ1n) is 12.0. The van der Waals surface area contributed by atoms with Crippen molar-refractivity contribution in [3.05, 3.63) is 53.9 Å². The van der Waals surface area contributed by atoms with E-state index < -0.39 is 0 Å². The number of benzene rings is 2. The molecule has 6 heteroatoms. The van der Waals surface area contributed by atoms with Crippen LogP contribution >= 0.6 is 0 Å². The molecule has 0 aliphatic carbocycles. The van der Waals surface area contributed by atoms with Crippen LogP contribution < -0.4 is 10.1 Å². The third-order valence-corrected chi connectivity index (χ3v) is 6.37. The summed E-state index contributed by atoms with van der Waals surface area (Å²) < 4.78 is 8.03. The fourth-order valence-electron chi connectivity index (χ4n) is 4.52. The maximum Gasteiger partial charge on any atom is 0.262 e. The molecule has 33 heavy (non-hydrogen) atoms. The van der Waals surface area contributed by atoms with Crippen LogP contribution in [0.1, 0.15) is 57.8 Å². The van der Waals surface area contributed by atoms with Crippen molar-refractivity contribution < 1.29 is 9.53 Å². The number of hydrogen-bond acceptors (Lipinski definition) is 4. The van der Waals surface area contributed by atoms with Gasteiger partial charge in [-0.1, -0.05) is 51.8 Å². The molecule has 4 rings (SSSR count). The summed E-state index contributed by atoms with van der Waals surface area (Å²) in [6.07, 6.45) is 5.19. The molecule has 3 aromatic rings. The number of rotatable bonds is 6. The maximum atomic E-state index is 12.6. The Morgan fingerprint density at radius 2 is 1.79 bits per heavy atom. The van der Waals surface area contributed by atoms with Gasteiger partial charge in [0.15, 0.2) is 6.61 Å². The van der Waals surface area contributed by atoms with Crippen molar-refractivity contribution in [2.45, 2.75) is 58.4 Å². The van der Waals surface area contributed by atoms with Gasteiger partial charge in [0.05, 0.1) is 17.6 Å². The Morgan fingerprint density at radius 1 is 1.06 bits per heavy atom. The van der Waals surface area contributed by atoms with Crippen LogP contribution in [0.4, 0.5) is 5.69 Å². The number of anilines is 1. The zero-order valence-electron chi connectivity index (χ0n) is 20.4. The number of nitrogens with one attached hydrogen (secondary N) is 1. The van der Waals surface area contributed by atoms with Crippen molar-refractivity contribution in [1.82, 2.24) is 14.5 Å². The minimum Gasteiger partial charge on any atom is -0.483 e. The van der Waals surface area contributed by atoms with Crippen LogP contribution in [-0.4, -0.2) is 40.1 Å². The summed E-state index contributed by atoms with van der Waals surface area (Å²) in [5.74, 6) is 1.63. The molecule has 1 aromatic heterocycles. The summed E-state index contributed by atoms with van der Waals surface area (Å²) >= 11 is 0. The summed E-state index contributed by atoms with van der Waals surface area (Å²) in [6, 6.07) is 13.8. The zero-order chi connectivity index (χ0) is 23.4. The summed E-state index contributed by atoms with van der Waals surface area (Å²) in [5.41, 5.74) is 3.75. The van der Waals surface area contributed by atoms with Gasteiger partial charge >= 0.3 is 0 Å². The van der Waals surface area contributed by atoms with E-state index in [2.05, 4.69) is 42.6 Å². The molecule has 2 heterocycles. The van der Waals surface area contributed by atoms with Crippen LogP contribution in [0.15, 0.2) is 42.5 Å². The quantitative estimate of drug-likeness (QED) is 0.558. The molecule has 0 unspecified atom stereocenters. The number of fused-ring (bicyclic) bond motifs is 1. The van der Waals surface area contributed by atoms with Crippen molar-refractivity contribution in [2.24, 2.45) is 7.05 Å². The highest BCUT2D eigenvalue weighted by atomic mass is 16.5. The Balaban J connectivity index is 1.41. The van der Waals surface area contributed by atoms with E-state index >= 15 is 0 Å². The van der Waals surface area contributed by atoms with Gasteiger partial charge in [0.25, 0.3) is 5.91 Å². The highest BCUT2D eigenvalue weighted by Gasteiger charge is 2.19. The van der Waals surface area contributed by atoms with Gasteiger partial charge in [-0.15, -0.1) is 0 Å². The maximum absolute atomic E-state index is 12.6. The van der Waals surface area contributed by atoms with Gasteiger partial charge in [0.1, 0.15) is 11.6 Å². The third kappa shape index (κ3) is 5.74. The molecular weight excluding hydrogens is 412 g/mol. The van der Waals surface area contributed by atoms with E-state index in [-0.39, 0.29) is 17.9 Å². The molecule has 1 amide bonds. The summed E-state index contributed by atoms with van der Waals surface area (Å²) in [6.45, 7) is 9.53. The third-order valence-electron chi connectivity index (χ3n) is 6.37. The number of imidazole rings is 1. The molecular formula is C27H36N4O2. The lowest BCUT2D eigenvalue weighted by atomic mass is 9.86. The first kappa shape index (κ1) is 23.3. The summed E-state index contributed by atoms with van der Waals surface area (Å²) in [4.78, 5) is 20.0. The zero-order valence-corrected chi connectivity index (χ0v) is 20.4.